The molecule has 0 atom stereocenters. The molecule has 0 aliphatic carbocycles. The molecule has 0 amide bonds. The highest BCUT2D eigenvalue weighted by atomic mass is 16.4. The molecule has 3 heteroatoms. The number of ketones is 1. The molecular weight excluding hydrogens is 240 g/mol. The average Bonchev–Trinajstić information content (AvgIpc) is 2.25. The van der Waals surface area contributed by atoms with Crippen LogP contribution in [0.2, 0.25) is 0 Å². The van der Waals surface area contributed by atoms with Crippen molar-refractivity contribution in [1.82, 2.24) is 0 Å². The van der Waals surface area contributed by atoms with E-state index in [1.165, 1.54) is 0 Å². The van der Waals surface area contributed by atoms with Crippen molar-refractivity contribution >= 4 is 11.8 Å². The summed E-state index contributed by atoms with van der Waals surface area (Å²) in [6, 6.07) is 2.06. The lowest BCUT2D eigenvalue weighted by Gasteiger charge is -2.20. The zero-order chi connectivity index (χ0) is 15.0. The largest absolute Gasteiger partial charge is 0.481 e. The summed E-state index contributed by atoms with van der Waals surface area (Å²) < 4.78 is 0. The zero-order valence-electron chi connectivity index (χ0n) is 12.5. The number of carboxylic acids is 1. The zero-order valence-corrected chi connectivity index (χ0v) is 12.5. The number of hydrogen-bond donors (Lipinski definition) is 1. The van der Waals surface area contributed by atoms with E-state index in [2.05, 4.69) is 6.07 Å². The molecule has 1 N–H and O–H groups in total. The van der Waals surface area contributed by atoms with E-state index in [1.807, 2.05) is 27.7 Å². The van der Waals surface area contributed by atoms with Gasteiger partial charge in [-0.05, 0) is 63.8 Å². The molecule has 1 aromatic rings. The molecule has 3 nitrogen and oxygen atoms in total. The molecule has 0 aromatic heterocycles. The number of carboxylic acid groups (broad SMARTS) is 1. The van der Waals surface area contributed by atoms with Crippen LogP contribution >= 0.6 is 0 Å². The Balaban J connectivity index is 3.25. The molecule has 0 bridgehead atoms. The van der Waals surface area contributed by atoms with Gasteiger partial charge >= 0.3 is 5.97 Å². The number of aliphatic carboxylic acids is 1. The second-order valence-corrected chi connectivity index (χ2v) is 5.92. The van der Waals surface area contributed by atoms with Crippen LogP contribution in [0.15, 0.2) is 6.07 Å². The van der Waals surface area contributed by atoms with E-state index in [0.717, 1.165) is 22.3 Å². The predicted molar refractivity (Wildman–Crippen MR) is 75.8 cm³/mol. The molecule has 0 saturated heterocycles. The summed E-state index contributed by atoms with van der Waals surface area (Å²) in [4.78, 5) is 23.6. The van der Waals surface area contributed by atoms with Crippen molar-refractivity contribution in [1.29, 1.82) is 0 Å². The topological polar surface area (TPSA) is 54.4 Å². The van der Waals surface area contributed by atoms with Crippen molar-refractivity contribution in [2.45, 2.75) is 48.0 Å². The van der Waals surface area contributed by atoms with Gasteiger partial charge in [-0.25, -0.2) is 0 Å². The SMILES string of the molecule is Cc1cc(C)c(C)c(C(=O)CC(C)(C)C(=O)O)c1C. The van der Waals surface area contributed by atoms with Crippen molar-refractivity contribution in [2.24, 2.45) is 5.41 Å². The van der Waals surface area contributed by atoms with Gasteiger partial charge in [-0.3, -0.25) is 9.59 Å². The highest BCUT2D eigenvalue weighted by molar-refractivity contribution is 6.01. The van der Waals surface area contributed by atoms with Gasteiger partial charge in [-0.2, -0.15) is 0 Å². The number of carbonyl (C=O) groups is 2. The standard InChI is InChI=1S/C16H22O3/c1-9-7-10(2)12(4)14(11(9)3)13(17)8-16(5,6)15(18)19/h7H,8H2,1-6H3,(H,18,19). The third-order valence-electron chi connectivity index (χ3n) is 3.83. The fourth-order valence-corrected chi connectivity index (χ4v) is 2.20. The van der Waals surface area contributed by atoms with Crippen LogP contribution in [0.3, 0.4) is 0 Å². The second-order valence-electron chi connectivity index (χ2n) is 5.92. The van der Waals surface area contributed by atoms with E-state index in [9.17, 15) is 9.59 Å². The van der Waals surface area contributed by atoms with E-state index >= 15 is 0 Å². The Morgan fingerprint density at radius 1 is 1.05 bits per heavy atom. The van der Waals surface area contributed by atoms with Crippen LogP contribution in [0, 0.1) is 33.1 Å². The van der Waals surface area contributed by atoms with Crippen LogP contribution in [0.1, 0.15) is 52.9 Å². The van der Waals surface area contributed by atoms with E-state index in [-0.39, 0.29) is 12.2 Å². The van der Waals surface area contributed by atoms with E-state index in [1.54, 1.807) is 13.8 Å². The van der Waals surface area contributed by atoms with E-state index in [4.69, 9.17) is 5.11 Å². The highest BCUT2D eigenvalue weighted by Gasteiger charge is 2.31. The van der Waals surface area contributed by atoms with Crippen LogP contribution < -0.4 is 0 Å². The molecule has 0 saturated carbocycles. The number of benzene rings is 1. The summed E-state index contributed by atoms with van der Waals surface area (Å²) in [6.07, 6.45) is 0.0207. The monoisotopic (exact) mass is 262 g/mol. The lowest BCUT2D eigenvalue weighted by molar-refractivity contribution is -0.146. The summed E-state index contributed by atoms with van der Waals surface area (Å²) >= 11 is 0. The maximum atomic E-state index is 12.4. The summed E-state index contributed by atoms with van der Waals surface area (Å²) in [7, 11) is 0. The normalized spacial score (nSPS) is 11.5. The van der Waals surface area contributed by atoms with Gasteiger partial charge < -0.3 is 5.11 Å². The van der Waals surface area contributed by atoms with Gasteiger partial charge in [0.1, 0.15) is 0 Å². The van der Waals surface area contributed by atoms with Gasteiger partial charge in [-0.15, -0.1) is 0 Å². The minimum absolute atomic E-state index is 0.0207. The Hall–Kier alpha value is -1.64. The lowest BCUT2D eigenvalue weighted by atomic mass is 9.82. The summed E-state index contributed by atoms with van der Waals surface area (Å²) in [6.45, 7) is 11.0. The maximum Gasteiger partial charge on any atom is 0.309 e. The molecule has 0 aliphatic rings. The Morgan fingerprint density at radius 2 is 1.47 bits per heavy atom. The van der Waals surface area contributed by atoms with E-state index < -0.39 is 11.4 Å². The first-order valence-electron chi connectivity index (χ1n) is 6.42. The third-order valence-corrected chi connectivity index (χ3v) is 3.83. The fraction of sp³-hybridized carbons (Fsp3) is 0.500. The highest BCUT2D eigenvalue weighted by Crippen LogP contribution is 2.28. The second kappa shape index (κ2) is 5.16. The van der Waals surface area contributed by atoms with Crippen LogP contribution in [0.25, 0.3) is 0 Å². The molecule has 0 heterocycles. The minimum atomic E-state index is -1.03. The molecule has 0 spiro atoms. The number of Topliss-reactive ketones (excluding diaryl/α,β-unsaturated/α-hetero) is 1. The first-order valence-corrected chi connectivity index (χ1v) is 6.42. The maximum absolute atomic E-state index is 12.4. The number of hydrogen-bond acceptors (Lipinski definition) is 2. The molecule has 104 valence electrons. The molecule has 1 rings (SSSR count). The molecule has 0 unspecified atom stereocenters. The number of aryl methyl sites for hydroxylation is 2. The summed E-state index contributed by atoms with van der Waals surface area (Å²) in [5.41, 5.74) is 3.70. The number of rotatable bonds is 4. The van der Waals surface area contributed by atoms with E-state index in [0.29, 0.717) is 5.56 Å². The average molecular weight is 262 g/mol. The van der Waals surface area contributed by atoms with Crippen LogP contribution in [0.4, 0.5) is 0 Å². The summed E-state index contributed by atoms with van der Waals surface area (Å²) in [5, 5.41) is 9.13. The predicted octanol–water partition coefficient (Wildman–Crippen LogP) is 3.60. The first-order chi connectivity index (χ1) is 8.58. The Labute approximate surface area is 114 Å². The number of carbonyl (C=O) groups excluding carboxylic acids is 1. The van der Waals surface area contributed by atoms with Crippen LogP contribution in [-0.2, 0) is 4.79 Å². The Morgan fingerprint density at radius 3 is 1.84 bits per heavy atom. The van der Waals surface area contributed by atoms with Crippen molar-refractivity contribution < 1.29 is 14.7 Å². The van der Waals surface area contributed by atoms with Gasteiger partial charge in [0.15, 0.2) is 5.78 Å². The first kappa shape index (κ1) is 15.4. The quantitative estimate of drug-likeness (QED) is 0.843. The summed E-state index contributed by atoms with van der Waals surface area (Å²) in [5.74, 6) is -1.03. The molecule has 19 heavy (non-hydrogen) atoms. The van der Waals surface area contributed by atoms with Gasteiger partial charge in [0.25, 0.3) is 0 Å². The van der Waals surface area contributed by atoms with Crippen molar-refractivity contribution in [3.05, 3.63) is 33.9 Å². The van der Waals surface area contributed by atoms with Gasteiger partial charge in [0, 0.05) is 12.0 Å². The molecule has 0 aliphatic heterocycles. The molecule has 0 radical (unpaired) electrons. The van der Waals surface area contributed by atoms with Crippen LogP contribution in [-0.4, -0.2) is 16.9 Å². The Bertz CT molecular complexity index is 513. The Kier molecular flexibility index (Phi) is 4.18. The molecule has 1 aromatic carbocycles. The molecular formula is C16H22O3. The third kappa shape index (κ3) is 3.03. The molecule has 0 fully saturated rings. The van der Waals surface area contributed by atoms with Gasteiger partial charge in [0.2, 0.25) is 0 Å². The minimum Gasteiger partial charge on any atom is -0.481 e. The van der Waals surface area contributed by atoms with Crippen LogP contribution in [0.5, 0.6) is 0 Å². The van der Waals surface area contributed by atoms with Gasteiger partial charge in [-0.1, -0.05) is 6.07 Å². The van der Waals surface area contributed by atoms with Crippen molar-refractivity contribution in [3.8, 4) is 0 Å². The van der Waals surface area contributed by atoms with Crippen molar-refractivity contribution in [3.63, 3.8) is 0 Å². The fourth-order valence-electron chi connectivity index (χ4n) is 2.20. The lowest BCUT2D eigenvalue weighted by Crippen LogP contribution is -2.27. The van der Waals surface area contributed by atoms with Crippen molar-refractivity contribution in [2.75, 3.05) is 0 Å². The van der Waals surface area contributed by atoms with Gasteiger partial charge in [0.05, 0.1) is 5.41 Å². The smallest absolute Gasteiger partial charge is 0.309 e.